The van der Waals surface area contributed by atoms with E-state index in [4.69, 9.17) is 9.47 Å². The Balaban J connectivity index is 2.02. The van der Waals surface area contributed by atoms with Gasteiger partial charge in [0, 0.05) is 32.6 Å². The van der Waals surface area contributed by atoms with Gasteiger partial charge in [0.1, 0.15) is 6.33 Å². The highest BCUT2D eigenvalue weighted by atomic mass is 16.5. The van der Waals surface area contributed by atoms with Crippen molar-refractivity contribution in [1.82, 2.24) is 20.2 Å². The predicted octanol–water partition coefficient (Wildman–Crippen LogP) is 0.204. The van der Waals surface area contributed by atoms with Crippen molar-refractivity contribution in [2.75, 3.05) is 27.8 Å². The van der Waals surface area contributed by atoms with Crippen LogP contribution in [0.15, 0.2) is 6.33 Å². The van der Waals surface area contributed by atoms with Gasteiger partial charge in [-0.1, -0.05) is 0 Å². The first kappa shape index (κ1) is 14.5. The molecule has 1 N–H and O–H groups in total. The molecular weight excluding hydrogens is 260 g/mol. The number of hydrogen-bond donors (Lipinski definition) is 1. The van der Waals surface area contributed by atoms with Crippen molar-refractivity contribution in [3.63, 3.8) is 0 Å². The predicted molar refractivity (Wildman–Crippen MR) is 72.6 cm³/mol. The first-order valence-corrected chi connectivity index (χ1v) is 6.55. The van der Waals surface area contributed by atoms with Crippen LogP contribution in [0.4, 0.5) is 0 Å². The lowest BCUT2D eigenvalue weighted by Crippen LogP contribution is -2.46. The van der Waals surface area contributed by atoms with Crippen LogP contribution in [-0.4, -0.2) is 54.6 Å². The Labute approximate surface area is 118 Å². The van der Waals surface area contributed by atoms with Crippen LogP contribution in [-0.2, 0) is 11.3 Å². The van der Waals surface area contributed by atoms with Gasteiger partial charge in [0.15, 0.2) is 0 Å². The molecule has 0 spiro atoms. The fourth-order valence-corrected chi connectivity index (χ4v) is 2.31. The van der Waals surface area contributed by atoms with Crippen molar-refractivity contribution in [2.45, 2.75) is 25.4 Å². The van der Waals surface area contributed by atoms with E-state index in [1.54, 1.807) is 19.1 Å². The molecule has 1 aliphatic heterocycles. The fourth-order valence-electron chi connectivity index (χ4n) is 2.31. The molecule has 0 saturated carbocycles. The number of carbonyl (C=O) groups is 1. The number of likely N-dealkylation sites (N-methyl/N-ethyl adjacent to an activating group) is 1. The Morgan fingerprint density at radius 1 is 1.35 bits per heavy atom. The van der Waals surface area contributed by atoms with E-state index >= 15 is 0 Å². The van der Waals surface area contributed by atoms with Crippen molar-refractivity contribution in [1.29, 1.82) is 0 Å². The van der Waals surface area contributed by atoms with Crippen LogP contribution in [0, 0.1) is 0 Å². The molecule has 2 heterocycles. The van der Waals surface area contributed by atoms with E-state index in [2.05, 4.69) is 15.3 Å². The van der Waals surface area contributed by atoms with Gasteiger partial charge in [0.2, 0.25) is 17.7 Å². The molecule has 7 heteroatoms. The minimum Gasteiger partial charge on any atom is -0.481 e. The molecule has 0 aromatic carbocycles. The van der Waals surface area contributed by atoms with Crippen LogP contribution in [0.25, 0.3) is 0 Å². The van der Waals surface area contributed by atoms with E-state index < -0.39 is 0 Å². The number of likely N-dealkylation sites (tertiary alicyclic amines) is 1. The molecule has 1 unspecified atom stereocenters. The van der Waals surface area contributed by atoms with Gasteiger partial charge >= 0.3 is 0 Å². The summed E-state index contributed by atoms with van der Waals surface area (Å²) in [4.78, 5) is 21.4. The number of methoxy groups -OCH3 is 2. The summed E-state index contributed by atoms with van der Waals surface area (Å²) in [6.07, 6.45) is 2.82. The van der Waals surface area contributed by atoms with Crippen LogP contribution < -0.4 is 14.8 Å². The molecule has 2 rings (SSSR count). The number of carbonyl (C=O) groups excluding carboxylic acids is 1. The Bertz CT molecular complexity index is 458. The van der Waals surface area contributed by atoms with E-state index in [1.807, 2.05) is 7.05 Å². The van der Waals surface area contributed by atoms with Gasteiger partial charge in [0.05, 0.1) is 19.8 Å². The zero-order chi connectivity index (χ0) is 14.5. The number of rotatable bonds is 5. The summed E-state index contributed by atoms with van der Waals surface area (Å²) in [6.45, 7) is 1.25. The second-order valence-corrected chi connectivity index (χ2v) is 4.76. The van der Waals surface area contributed by atoms with Crippen molar-refractivity contribution in [2.24, 2.45) is 0 Å². The Hall–Kier alpha value is -1.89. The topological polar surface area (TPSA) is 76.6 Å². The number of aromatic nitrogens is 2. The van der Waals surface area contributed by atoms with Crippen molar-refractivity contribution in [3.8, 4) is 11.8 Å². The highest BCUT2D eigenvalue weighted by Crippen LogP contribution is 2.23. The molecule has 1 amide bonds. The van der Waals surface area contributed by atoms with Gasteiger partial charge in [-0.15, -0.1) is 0 Å². The average molecular weight is 280 g/mol. The summed E-state index contributed by atoms with van der Waals surface area (Å²) in [5, 5.41) is 3.40. The maximum absolute atomic E-state index is 11.5. The molecule has 1 aromatic heterocycles. The van der Waals surface area contributed by atoms with Crippen molar-refractivity contribution in [3.05, 3.63) is 11.9 Å². The maximum Gasteiger partial charge on any atom is 0.224 e. The molecule has 1 fully saturated rings. The molecule has 7 nitrogen and oxygen atoms in total. The first-order valence-electron chi connectivity index (χ1n) is 6.55. The van der Waals surface area contributed by atoms with Crippen LogP contribution >= 0.6 is 0 Å². The standard InChI is InChI=1S/C13H20N4O3/c1-17-7-9(4-5-11(17)18)14-6-10-12(19-2)15-8-16-13(10)20-3/h8-9,14H,4-7H2,1-3H3. The van der Waals surface area contributed by atoms with Crippen LogP contribution in [0.3, 0.4) is 0 Å². The van der Waals surface area contributed by atoms with E-state index in [0.29, 0.717) is 31.3 Å². The number of amides is 1. The molecule has 20 heavy (non-hydrogen) atoms. The summed E-state index contributed by atoms with van der Waals surface area (Å²) in [7, 11) is 4.96. The summed E-state index contributed by atoms with van der Waals surface area (Å²) in [5.41, 5.74) is 0.789. The smallest absolute Gasteiger partial charge is 0.224 e. The number of hydrogen-bond acceptors (Lipinski definition) is 6. The third-order valence-corrected chi connectivity index (χ3v) is 3.45. The molecule has 110 valence electrons. The molecule has 0 bridgehead atoms. The van der Waals surface area contributed by atoms with Crippen LogP contribution in [0.5, 0.6) is 11.8 Å². The van der Waals surface area contributed by atoms with Gasteiger partial charge in [-0.25, -0.2) is 9.97 Å². The third kappa shape index (κ3) is 3.16. The zero-order valence-electron chi connectivity index (χ0n) is 12.0. The molecular formula is C13H20N4O3. The number of ether oxygens (including phenoxy) is 2. The molecule has 1 aromatic rings. The quantitative estimate of drug-likeness (QED) is 0.830. The summed E-state index contributed by atoms with van der Waals surface area (Å²) in [6, 6.07) is 0.257. The molecule has 0 radical (unpaired) electrons. The van der Waals surface area contributed by atoms with E-state index in [0.717, 1.165) is 12.0 Å². The number of nitrogens with zero attached hydrogens (tertiary/aromatic N) is 3. The summed E-state index contributed by atoms with van der Waals surface area (Å²) < 4.78 is 10.5. The number of nitrogens with one attached hydrogen (secondary N) is 1. The summed E-state index contributed by atoms with van der Waals surface area (Å²) >= 11 is 0. The Morgan fingerprint density at radius 3 is 2.55 bits per heavy atom. The highest BCUT2D eigenvalue weighted by Gasteiger charge is 2.23. The average Bonchev–Trinajstić information content (AvgIpc) is 2.48. The van der Waals surface area contributed by atoms with E-state index in [9.17, 15) is 4.79 Å². The zero-order valence-corrected chi connectivity index (χ0v) is 12.0. The normalized spacial score (nSPS) is 19.1. The lowest BCUT2D eigenvalue weighted by atomic mass is 10.1. The lowest BCUT2D eigenvalue weighted by molar-refractivity contribution is -0.132. The fraction of sp³-hybridized carbons (Fsp3) is 0.615. The van der Waals surface area contributed by atoms with Crippen molar-refractivity contribution < 1.29 is 14.3 Å². The Kier molecular flexibility index (Phi) is 4.73. The molecule has 1 aliphatic rings. The Morgan fingerprint density at radius 2 is 2.00 bits per heavy atom. The van der Waals surface area contributed by atoms with Crippen LogP contribution in [0.2, 0.25) is 0 Å². The maximum atomic E-state index is 11.5. The highest BCUT2D eigenvalue weighted by molar-refractivity contribution is 5.76. The van der Waals surface area contributed by atoms with Crippen molar-refractivity contribution >= 4 is 5.91 Å². The second kappa shape index (κ2) is 6.51. The van der Waals surface area contributed by atoms with E-state index in [1.165, 1.54) is 6.33 Å². The second-order valence-electron chi connectivity index (χ2n) is 4.76. The third-order valence-electron chi connectivity index (χ3n) is 3.45. The van der Waals surface area contributed by atoms with Gasteiger partial charge in [-0.05, 0) is 6.42 Å². The largest absolute Gasteiger partial charge is 0.481 e. The SMILES string of the molecule is COc1ncnc(OC)c1CNC1CCC(=O)N(C)C1. The van der Waals surface area contributed by atoms with Gasteiger partial charge < -0.3 is 19.7 Å². The molecule has 1 saturated heterocycles. The monoisotopic (exact) mass is 280 g/mol. The lowest BCUT2D eigenvalue weighted by Gasteiger charge is -2.30. The summed E-state index contributed by atoms with van der Waals surface area (Å²) in [5.74, 6) is 1.20. The van der Waals surface area contributed by atoms with Crippen LogP contribution in [0.1, 0.15) is 18.4 Å². The van der Waals surface area contributed by atoms with Gasteiger partial charge in [-0.3, -0.25) is 4.79 Å². The molecule has 1 atom stereocenters. The van der Waals surface area contributed by atoms with Gasteiger partial charge in [0.25, 0.3) is 0 Å². The minimum absolute atomic E-state index is 0.196. The minimum atomic E-state index is 0.196. The van der Waals surface area contributed by atoms with Gasteiger partial charge in [-0.2, -0.15) is 0 Å². The first-order chi connectivity index (χ1) is 9.65. The molecule has 0 aliphatic carbocycles. The number of piperidine rings is 1. The van der Waals surface area contributed by atoms with E-state index in [-0.39, 0.29) is 11.9 Å².